The fourth-order valence-corrected chi connectivity index (χ4v) is 3.75. The van der Waals surface area contributed by atoms with Crippen LogP contribution in [0.5, 0.6) is 5.75 Å². The number of hydrogen-bond donors (Lipinski definition) is 1. The number of piperidine rings is 1. The average Bonchev–Trinajstić information content (AvgIpc) is 3.38. The number of aryl methyl sites for hydroxylation is 2. The molecular formula is C20H26N2O4. The summed E-state index contributed by atoms with van der Waals surface area (Å²) in [4.78, 5) is 12.5. The number of carbonyl (C=O) groups is 1. The van der Waals surface area contributed by atoms with Gasteiger partial charge in [-0.1, -0.05) is 5.16 Å². The Bertz CT molecular complexity index is 788. The summed E-state index contributed by atoms with van der Waals surface area (Å²) in [5, 5.41) is 14.4. The molecule has 4 rings (SSSR count). The largest absolute Gasteiger partial charge is 0.493 e. The first-order chi connectivity index (χ1) is 12.6. The van der Waals surface area contributed by atoms with Crippen molar-refractivity contribution in [2.24, 2.45) is 11.8 Å². The Morgan fingerprint density at radius 3 is 2.73 bits per heavy atom. The molecule has 0 spiro atoms. The highest BCUT2D eigenvalue weighted by Gasteiger charge is 2.24. The first-order valence-corrected chi connectivity index (χ1v) is 9.60. The number of amides is 1. The van der Waals surface area contributed by atoms with Gasteiger partial charge in [0.25, 0.3) is 0 Å². The zero-order valence-corrected chi connectivity index (χ0v) is 15.2. The van der Waals surface area contributed by atoms with Gasteiger partial charge in [-0.25, -0.2) is 4.79 Å². The van der Waals surface area contributed by atoms with Gasteiger partial charge in [0.1, 0.15) is 5.75 Å². The van der Waals surface area contributed by atoms with E-state index < -0.39 is 6.09 Å². The Morgan fingerprint density at radius 1 is 1.27 bits per heavy atom. The van der Waals surface area contributed by atoms with Crippen LogP contribution < -0.4 is 4.74 Å². The predicted molar refractivity (Wildman–Crippen MR) is 97.6 cm³/mol. The van der Waals surface area contributed by atoms with Crippen LogP contribution in [0.25, 0.3) is 11.0 Å². The van der Waals surface area contributed by atoms with Crippen molar-refractivity contribution in [2.45, 2.75) is 45.4 Å². The van der Waals surface area contributed by atoms with Crippen LogP contribution >= 0.6 is 0 Å². The molecule has 0 atom stereocenters. The summed E-state index contributed by atoms with van der Waals surface area (Å²) in [6.07, 6.45) is 5.50. The SMILES string of the molecule is Cc1c(OCC2CC2)ccc2c(CCC3CCN(C(=O)O)CC3)noc12. The second kappa shape index (κ2) is 7.17. The van der Waals surface area contributed by atoms with E-state index >= 15 is 0 Å². The lowest BCUT2D eigenvalue weighted by Gasteiger charge is -2.29. The molecule has 2 aromatic rings. The van der Waals surface area contributed by atoms with Crippen molar-refractivity contribution < 1.29 is 19.2 Å². The molecule has 6 nitrogen and oxygen atoms in total. The maximum Gasteiger partial charge on any atom is 0.407 e. The molecule has 26 heavy (non-hydrogen) atoms. The van der Waals surface area contributed by atoms with Gasteiger partial charge in [0.15, 0.2) is 5.58 Å². The summed E-state index contributed by atoms with van der Waals surface area (Å²) < 4.78 is 11.5. The third kappa shape index (κ3) is 3.64. The second-order valence-electron chi connectivity index (χ2n) is 7.70. The van der Waals surface area contributed by atoms with Crippen molar-refractivity contribution in [1.29, 1.82) is 0 Å². The molecule has 1 N–H and O–H groups in total. The first-order valence-electron chi connectivity index (χ1n) is 9.60. The quantitative estimate of drug-likeness (QED) is 0.835. The van der Waals surface area contributed by atoms with Crippen molar-refractivity contribution in [1.82, 2.24) is 10.1 Å². The molecule has 0 radical (unpaired) electrons. The molecule has 1 aromatic heterocycles. The molecular weight excluding hydrogens is 332 g/mol. The highest BCUT2D eigenvalue weighted by Crippen LogP contribution is 2.34. The lowest BCUT2D eigenvalue weighted by Crippen LogP contribution is -2.37. The van der Waals surface area contributed by atoms with Crippen LogP contribution in [0.2, 0.25) is 0 Å². The van der Waals surface area contributed by atoms with Gasteiger partial charge in [-0.2, -0.15) is 0 Å². The maximum absolute atomic E-state index is 11.0. The normalized spacial score (nSPS) is 18.4. The third-order valence-corrected chi connectivity index (χ3v) is 5.76. The van der Waals surface area contributed by atoms with Crippen LogP contribution in [0.1, 0.15) is 43.4 Å². The van der Waals surface area contributed by atoms with E-state index in [1.807, 2.05) is 13.0 Å². The van der Waals surface area contributed by atoms with Crippen LogP contribution in [-0.2, 0) is 6.42 Å². The zero-order chi connectivity index (χ0) is 18.1. The van der Waals surface area contributed by atoms with E-state index in [0.29, 0.717) is 19.0 Å². The van der Waals surface area contributed by atoms with E-state index in [-0.39, 0.29) is 0 Å². The molecule has 2 heterocycles. The van der Waals surface area contributed by atoms with E-state index in [0.717, 1.165) is 66.2 Å². The van der Waals surface area contributed by atoms with E-state index in [1.54, 1.807) is 0 Å². The highest BCUT2D eigenvalue weighted by molar-refractivity contribution is 5.84. The van der Waals surface area contributed by atoms with Crippen LogP contribution in [0.15, 0.2) is 16.7 Å². The van der Waals surface area contributed by atoms with Crippen LogP contribution in [0, 0.1) is 18.8 Å². The van der Waals surface area contributed by atoms with Crippen LogP contribution in [0.4, 0.5) is 4.79 Å². The number of aromatic nitrogens is 1. The van der Waals surface area contributed by atoms with Gasteiger partial charge in [0.2, 0.25) is 0 Å². The number of hydrogen-bond acceptors (Lipinski definition) is 4. The van der Waals surface area contributed by atoms with Gasteiger partial charge >= 0.3 is 6.09 Å². The number of ether oxygens (including phenoxy) is 1. The molecule has 140 valence electrons. The Balaban J connectivity index is 1.38. The third-order valence-electron chi connectivity index (χ3n) is 5.76. The van der Waals surface area contributed by atoms with E-state index in [4.69, 9.17) is 14.4 Å². The minimum Gasteiger partial charge on any atom is -0.493 e. The van der Waals surface area contributed by atoms with Crippen molar-refractivity contribution in [3.63, 3.8) is 0 Å². The fraction of sp³-hybridized carbons (Fsp3) is 0.600. The second-order valence-corrected chi connectivity index (χ2v) is 7.70. The van der Waals surface area contributed by atoms with Crippen molar-refractivity contribution in [3.05, 3.63) is 23.4 Å². The number of fused-ring (bicyclic) bond motifs is 1. The Kier molecular flexibility index (Phi) is 4.74. The topological polar surface area (TPSA) is 75.8 Å². The number of likely N-dealkylation sites (tertiary alicyclic amines) is 1. The zero-order valence-electron chi connectivity index (χ0n) is 15.2. The summed E-state index contributed by atoms with van der Waals surface area (Å²) in [6, 6.07) is 4.09. The summed E-state index contributed by atoms with van der Waals surface area (Å²) in [5.41, 5.74) is 2.85. The molecule has 0 unspecified atom stereocenters. The minimum absolute atomic E-state index is 0.555. The van der Waals surface area contributed by atoms with Gasteiger partial charge in [0.05, 0.1) is 12.3 Å². The van der Waals surface area contributed by atoms with Crippen LogP contribution in [0.3, 0.4) is 0 Å². The van der Waals surface area contributed by atoms with E-state index in [9.17, 15) is 4.79 Å². The molecule has 1 amide bonds. The van der Waals surface area contributed by atoms with Gasteiger partial charge in [-0.3, -0.25) is 0 Å². The number of benzene rings is 1. The average molecular weight is 358 g/mol. The first kappa shape index (κ1) is 17.2. The molecule has 2 fully saturated rings. The molecule has 1 saturated carbocycles. The van der Waals surface area contributed by atoms with Crippen molar-refractivity contribution in [2.75, 3.05) is 19.7 Å². The molecule has 2 aliphatic rings. The molecule has 1 aromatic carbocycles. The van der Waals surface area contributed by atoms with E-state index in [2.05, 4.69) is 11.2 Å². The monoisotopic (exact) mass is 358 g/mol. The molecule has 0 bridgehead atoms. The molecule has 1 aliphatic carbocycles. The summed E-state index contributed by atoms with van der Waals surface area (Å²) >= 11 is 0. The number of carboxylic acid groups (broad SMARTS) is 1. The fourth-order valence-electron chi connectivity index (χ4n) is 3.75. The number of rotatable bonds is 6. The Morgan fingerprint density at radius 2 is 2.04 bits per heavy atom. The lowest BCUT2D eigenvalue weighted by molar-refractivity contribution is 0.123. The van der Waals surface area contributed by atoms with Gasteiger partial charge < -0.3 is 19.3 Å². The summed E-state index contributed by atoms with van der Waals surface area (Å²) in [6.45, 7) is 4.10. The van der Waals surface area contributed by atoms with Crippen molar-refractivity contribution >= 4 is 17.1 Å². The standard InChI is InChI=1S/C20H26N2O4/c1-13-18(25-12-15-2-3-15)7-5-16-17(21-26-19(13)16)6-4-14-8-10-22(11-9-14)20(23)24/h5,7,14-15H,2-4,6,8-12H2,1H3,(H,23,24). The van der Waals surface area contributed by atoms with Gasteiger partial charge in [-0.15, -0.1) is 0 Å². The smallest absolute Gasteiger partial charge is 0.407 e. The Labute approximate surface area is 153 Å². The number of nitrogens with zero attached hydrogens (tertiary/aromatic N) is 2. The summed E-state index contributed by atoms with van der Waals surface area (Å²) in [5.74, 6) is 2.18. The van der Waals surface area contributed by atoms with Crippen LogP contribution in [-0.4, -0.2) is 41.0 Å². The lowest BCUT2D eigenvalue weighted by atomic mass is 9.91. The van der Waals surface area contributed by atoms with E-state index in [1.165, 1.54) is 17.7 Å². The molecule has 1 aliphatic heterocycles. The Hall–Kier alpha value is -2.24. The minimum atomic E-state index is -0.805. The predicted octanol–water partition coefficient (Wildman–Crippen LogP) is 4.25. The van der Waals surface area contributed by atoms with Gasteiger partial charge in [-0.05, 0) is 69.4 Å². The molecule has 1 saturated heterocycles. The van der Waals surface area contributed by atoms with Crippen molar-refractivity contribution in [3.8, 4) is 5.75 Å². The summed E-state index contributed by atoms with van der Waals surface area (Å²) in [7, 11) is 0. The maximum atomic E-state index is 11.0. The highest BCUT2D eigenvalue weighted by atomic mass is 16.5. The molecule has 6 heteroatoms. The van der Waals surface area contributed by atoms with Gasteiger partial charge in [0, 0.05) is 24.0 Å².